The van der Waals surface area contributed by atoms with Gasteiger partial charge in [0, 0.05) is 12.1 Å². The van der Waals surface area contributed by atoms with Crippen LogP contribution in [0.2, 0.25) is 0 Å². The molecule has 2 aromatic carbocycles. The average molecular weight is 331 g/mol. The minimum atomic E-state index is -1.48. The highest BCUT2D eigenvalue weighted by Crippen LogP contribution is 2.26. The molecule has 0 radical (unpaired) electrons. The Hall–Kier alpha value is -2.73. The molecule has 24 heavy (non-hydrogen) atoms. The monoisotopic (exact) mass is 331 g/mol. The van der Waals surface area contributed by atoms with Crippen molar-refractivity contribution < 1.29 is 23.4 Å². The van der Waals surface area contributed by atoms with Gasteiger partial charge in [-0.25, -0.2) is 8.78 Å². The topological polar surface area (TPSA) is 58.6 Å². The number of nitrogens with one attached hydrogen (secondary N) is 1. The van der Waals surface area contributed by atoms with Gasteiger partial charge in [0.2, 0.25) is 0 Å². The number of amides is 1. The van der Waals surface area contributed by atoms with E-state index in [1.165, 1.54) is 6.07 Å². The first-order chi connectivity index (χ1) is 11.6. The zero-order chi connectivity index (χ0) is 17.1. The van der Waals surface area contributed by atoms with Gasteiger partial charge in [-0.2, -0.15) is 0 Å². The molecular weight excluding hydrogens is 316 g/mol. The molecule has 0 saturated carbocycles. The van der Waals surface area contributed by atoms with E-state index >= 15 is 0 Å². The molecule has 1 aliphatic heterocycles. The first kappa shape index (κ1) is 16.1. The summed E-state index contributed by atoms with van der Waals surface area (Å²) in [7, 11) is 0. The first-order valence-electron chi connectivity index (χ1n) is 7.39. The second kappa shape index (κ2) is 6.80. The summed E-state index contributed by atoms with van der Waals surface area (Å²) in [6.07, 6.45) is 0.206. The summed E-state index contributed by atoms with van der Waals surface area (Å²) in [5.41, 5.74) is 0.682. The van der Waals surface area contributed by atoms with Gasteiger partial charge in [-0.1, -0.05) is 24.3 Å². The zero-order valence-electron chi connectivity index (χ0n) is 12.6. The molecule has 6 heteroatoms. The summed E-state index contributed by atoms with van der Waals surface area (Å²) in [6, 6.07) is 10.6. The third-order valence-corrected chi connectivity index (χ3v) is 3.71. The Labute approximate surface area is 137 Å². The van der Waals surface area contributed by atoms with Gasteiger partial charge in [-0.05, 0) is 24.3 Å². The van der Waals surface area contributed by atoms with Crippen LogP contribution in [0.4, 0.5) is 8.78 Å². The molecule has 3 rings (SSSR count). The Kier molecular flexibility index (Phi) is 4.57. The number of carbonyl (C=O) groups is 1. The Morgan fingerprint density at radius 3 is 2.62 bits per heavy atom. The van der Waals surface area contributed by atoms with Crippen molar-refractivity contribution in [1.29, 1.82) is 0 Å². The molecule has 1 heterocycles. The zero-order valence-corrected chi connectivity index (χ0v) is 12.6. The lowest BCUT2D eigenvalue weighted by molar-refractivity contribution is -0.118. The van der Waals surface area contributed by atoms with Crippen molar-refractivity contribution in [2.75, 3.05) is 13.2 Å². The summed E-state index contributed by atoms with van der Waals surface area (Å²) in [5.74, 6) is -1.49. The predicted octanol–water partition coefficient (Wildman–Crippen LogP) is 2.59. The van der Waals surface area contributed by atoms with Gasteiger partial charge in [0.15, 0.2) is 0 Å². The number of benzene rings is 2. The van der Waals surface area contributed by atoms with Crippen LogP contribution in [0.15, 0.2) is 48.0 Å². The van der Waals surface area contributed by atoms with E-state index in [1.807, 2.05) is 18.2 Å². The third kappa shape index (κ3) is 3.28. The standard InChI is InChI=1S/C18H15F2NO3/c19-13-5-3-6-14(20)17(13)15(22)9-21-18(23)12-8-11-4-1-2-7-16(11)24-10-12/h1-8,15,22H,9-10H2,(H,21,23). The van der Waals surface area contributed by atoms with Gasteiger partial charge in [0.1, 0.15) is 30.1 Å². The van der Waals surface area contributed by atoms with Crippen LogP contribution in [0.3, 0.4) is 0 Å². The molecule has 0 fully saturated rings. The average Bonchev–Trinajstić information content (AvgIpc) is 2.59. The minimum absolute atomic E-state index is 0.0903. The molecular formula is C18H15F2NO3. The lowest BCUT2D eigenvalue weighted by atomic mass is 10.1. The number of aliphatic hydroxyl groups excluding tert-OH is 1. The van der Waals surface area contributed by atoms with E-state index in [0.717, 1.165) is 17.7 Å². The van der Waals surface area contributed by atoms with Crippen molar-refractivity contribution in [1.82, 2.24) is 5.32 Å². The van der Waals surface area contributed by atoms with E-state index in [9.17, 15) is 18.7 Å². The number of hydrogen-bond acceptors (Lipinski definition) is 3. The maximum atomic E-state index is 13.6. The van der Waals surface area contributed by atoms with Crippen molar-refractivity contribution in [3.63, 3.8) is 0 Å². The quantitative estimate of drug-likeness (QED) is 0.905. The van der Waals surface area contributed by atoms with Crippen LogP contribution < -0.4 is 10.1 Å². The fourth-order valence-corrected chi connectivity index (χ4v) is 2.48. The molecule has 2 aromatic rings. The van der Waals surface area contributed by atoms with Gasteiger partial charge in [-0.3, -0.25) is 4.79 Å². The van der Waals surface area contributed by atoms with E-state index in [-0.39, 0.29) is 13.2 Å². The van der Waals surface area contributed by atoms with Gasteiger partial charge in [0.25, 0.3) is 5.91 Å². The summed E-state index contributed by atoms with van der Waals surface area (Å²) in [5, 5.41) is 12.4. The number of hydrogen-bond donors (Lipinski definition) is 2. The SMILES string of the molecule is O=C(NCC(O)c1c(F)cccc1F)C1=Cc2ccccc2OC1. The van der Waals surface area contributed by atoms with Gasteiger partial charge >= 0.3 is 0 Å². The molecule has 0 bridgehead atoms. The number of carbonyl (C=O) groups excluding carboxylic acids is 1. The lowest BCUT2D eigenvalue weighted by Crippen LogP contribution is -2.32. The molecule has 0 aromatic heterocycles. The van der Waals surface area contributed by atoms with Crippen LogP contribution in [0.25, 0.3) is 6.08 Å². The van der Waals surface area contributed by atoms with Crippen LogP contribution in [0, 0.1) is 11.6 Å². The van der Waals surface area contributed by atoms with E-state index in [2.05, 4.69) is 5.32 Å². The van der Waals surface area contributed by atoms with Crippen LogP contribution in [-0.2, 0) is 4.79 Å². The summed E-state index contributed by atoms with van der Waals surface area (Å²) < 4.78 is 32.7. The second-order valence-electron chi connectivity index (χ2n) is 5.36. The molecule has 124 valence electrons. The number of halogens is 2. The second-order valence-corrected chi connectivity index (χ2v) is 5.36. The van der Waals surface area contributed by atoms with Gasteiger partial charge < -0.3 is 15.2 Å². The van der Waals surface area contributed by atoms with Crippen LogP contribution in [0.5, 0.6) is 5.75 Å². The summed E-state index contributed by atoms with van der Waals surface area (Å²) in [4.78, 5) is 12.2. The molecule has 2 N–H and O–H groups in total. The van der Waals surface area contributed by atoms with Crippen LogP contribution in [-0.4, -0.2) is 24.2 Å². The number of para-hydroxylation sites is 1. The highest BCUT2D eigenvalue weighted by molar-refractivity contribution is 5.99. The number of aliphatic hydroxyl groups is 1. The summed E-state index contributed by atoms with van der Waals surface area (Å²) >= 11 is 0. The van der Waals surface area contributed by atoms with Crippen LogP contribution >= 0.6 is 0 Å². The fourth-order valence-electron chi connectivity index (χ4n) is 2.48. The molecule has 0 saturated heterocycles. The number of rotatable bonds is 4. The largest absolute Gasteiger partial charge is 0.488 e. The van der Waals surface area contributed by atoms with E-state index in [0.29, 0.717) is 11.3 Å². The van der Waals surface area contributed by atoms with Crippen molar-refractivity contribution in [3.8, 4) is 5.75 Å². The van der Waals surface area contributed by atoms with Gasteiger partial charge in [-0.15, -0.1) is 0 Å². The third-order valence-electron chi connectivity index (χ3n) is 3.71. The molecule has 1 unspecified atom stereocenters. The summed E-state index contributed by atoms with van der Waals surface area (Å²) in [6.45, 7) is -0.220. The Morgan fingerprint density at radius 1 is 1.17 bits per heavy atom. The van der Waals surface area contributed by atoms with Crippen molar-refractivity contribution in [3.05, 3.63) is 70.8 Å². The highest BCUT2D eigenvalue weighted by Gasteiger charge is 2.21. The maximum absolute atomic E-state index is 13.6. The van der Waals surface area contributed by atoms with Crippen molar-refractivity contribution in [2.24, 2.45) is 0 Å². The van der Waals surface area contributed by atoms with E-state index in [4.69, 9.17) is 4.74 Å². The first-order valence-corrected chi connectivity index (χ1v) is 7.39. The highest BCUT2D eigenvalue weighted by atomic mass is 19.1. The van der Waals surface area contributed by atoms with Crippen molar-refractivity contribution in [2.45, 2.75) is 6.10 Å². The lowest BCUT2D eigenvalue weighted by Gasteiger charge is -2.18. The Balaban J connectivity index is 1.67. The van der Waals surface area contributed by atoms with Crippen molar-refractivity contribution >= 4 is 12.0 Å². The molecule has 4 nitrogen and oxygen atoms in total. The minimum Gasteiger partial charge on any atom is -0.488 e. The number of fused-ring (bicyclic) bond motifs is 1. The normalized spacial score (nSPS) is 14.2. The molecule has 1 atom stereocenters. The van der Waals surface area contributed by atoms with Crippen LogP contribution in [0.1, 0.15) is 17.2 Å². The predicted molar refractivity (Wildman–Crippen MR) is 84.2 cm³/mol. The number of ether oxygens (including phenoxy) is 1. The van der Waals surface area contributed by atoms with E-state index < -0.39 is 29.2 Å². The maximum Gasteiger partial charge on any atom is 0.250 e. The van der Waals surface area contributed by atoms with E-state index in [1.54, 1.807) is 12.1 Å². The van der Waals surface area contributed by atoms with Gasteiger partial charge in [0.05, 0.1) is 11.1 Å². The molecule has 1 amide bonds. The molecule has 1 aliphatic rings. The molecule has 0 aliphatic carbocycles. The Morgan fingerprint density at radius 2 is 1.88 bits per heavy atom. The Bertz CT molecular complexity index is 784. The fraction of sp³-hybridized carbons (Fsp3) is 0.167. The smallest absolute Gasteiger partial charge is 0.250 e. The molecule has 0 spiro atoms.